The van der Waals surface area contributed by atoms with Gasteiger partial charge in [0.25, 0.3) is 0 Å². The molecule has 2 heterocycles. The van der Waals surface area contributed by atoms with Gasteiger partial charge in [-0.1, -0.05) is 0 Å². The molecule has 0 spiro atoms. The fourth-order valence-electron chi connectivity index (χ4n) is 1.44. The van der Waals surface area contributed by atoms with Gasteiger partial charge in [0, 0.05) is 33.4 Å². The SMILES string of the molecule is COC1(c2ccn(C)n2)CNC1.Cl. The molecule has 0 bridgehead atoms. The standard InChI is InChI=1S/C8H13N3O.ClH/c1-11-4-3-7(10-11)8(12-2)5-9-6-8;/h3-4,9H,5-6H2,1-2H3;1H. The molecule has 1 aliphatic rings. The van der Waals surface area contributed by atoms with Crippen LogP contribution in [-0.4, -0.2) is 30.0 Å². The average molecular weight is 204 g/mol. The highest BCUT2D eigenvalue weighted by Crippen LogP contribution is 2.27. The zero-order chi connectivity index (χ0) is 8.60. The van der Waals surface area contributed by atoms with Gasteiger partial charge in [0.1, 0.15) is 5.60 Å². The summed E-state index contributed by atoms with van der Waals surface area (Å²) in [4.78, 5) is 0. The van der Waals surface area contributed by atoms with Crippen LogP contribution in [0.2, 0.25) is 0 Å². The lowest BCUT2D eigenvalue weighted by Gasteiger charge is -2.39. The molecule has 1 fully saturated rings. The van der Waals surface area contributed by atoms with Gasteiger partial charge in [-0.25, -0.2) is 0 Å². The lowest BCUT2D eigenvalue weighted by molar-refractivity contribution is -0.0601. The highest BCUT2D eigenvalue weighted by atomic mass is 35.5. The molecule has 1 aromatic heterocycles. The van der Waals surface area contributed by atoms with Crippen LogP contribution >= 0.6 is 12.4 Å². The highest BCUT2D eigenvalue weighted by Gasteiger charge is 2.40. The second-order valence-corrected chi connectivity index (χ2v) is 3.18. The maximum Gasteiger partial charge on any atom is 0.136 e. The first kappa shape index (κ1) is 10.5. The zero-order valence-corrected chi connectivity index (χ0v) is 8.60. The third-order valence-corrected chi connectivity index (χ3v) is 2.39. The largest absolute Gasteiger partial charge is 0.369 e. The second kappa shape index (κ2) is 3.65. The van der Waals surface area contributed by atoms with Crippen LogP contribution in [0.4, 0.5) is 0 Å². The van der Waals surface area contributed by atoms with Crippen LogP contribution in [-0.2, 0) is 17.4 Å². The van der Waals surface area contributed by atoms with Crippen molar-refractivity contribution in [3.8, 4) is 0 Å². The molecule has 5 heteroatoms. The molecule has 0 amide bonds. The molecular weight excluding hydrogens is 190 g/mol. The Balaban J connectivity index is 0.000000845. The maximum atomic E-state index is 5.43. The van der Waals surface area contributed by atoms with Crippen LogP contribution in [0.1, 0.15) is 5.69 Å². The Morgan fingerprint density at radius 2 is 2.31 bits per heavy atom. The number of hydrogen-bond donors (Lipinski definition) is 1. The highest BCUT2D eigenvalue weighted by molar-refractivity contribution is 5.85. The van der Waals surface area contributed by atoms with E-state index in [-0.39, 0.29) is 18.0 Å². The van der Waals surface area contributed by atoms with Crippen LogP contribution in [0.25, 0.3) is 0 Å². The van der Waals surface area contributed by atoms with Crippen LogP contribution in [0.5, 0.6) is 0 Å². The number of ether oxygens (including phenoxy) is 1. The van der Waals surface area contributed by atoms with Crippen LogP contribution in [0, 0.1) is 0 Å². The Bertz CT molecular complexity index is 277. The van der Waals surface area contributed by atoms with E-state index < -0.39 is 0 Å². The number of hydrogen-bond acceptors (Lipinski definition) is 3. The Labute approximate surface area is 83.7 Å². The first-order valence-corrected chi connectivity index (χ1v) is 4.03. The molecule has 0 aromatic carbocycles. The summed E-state index contributed by atoms with van der Waals surface area (Å²) in [5.41, 5.74) is 0.854. The minimum Gasteiger partial charge on any atom is -0.369 e. The van der Waals surface area contributed by atoms with Crippen molar-refractivity contribution in [3.63, 3.8) is 0 Å². The summed E-state index contributed by atoms with van der Waals surface area (Å²) in [6.07, 6.45) is 1.94. The molecule has 74 valence electrons. The lowest BCUT2D eigenvalue weighted by atomic mass is 9.93. The normalized spacial score (nSPS) is 18.9. The summed E-state index contributed by atoms with van der Waals surface area (Å²) in [6, 6.07) is 2.00. The molecule has 0 radical (unpaired) electrons. The van der Waals surface area contributed by atoms with Gasteiger partial charge >= 0.3 is 0 Å². The Morgan fingerprint density at radius 3 is 2.62 bits per heavy atom. The van der Waals surface area contributed by atoms with E-state index in [1.807, 2.05) is 19.3 Å². The predicted molar refractivity (Wildman–Crippen MR) is 52.0 cm³/mol. The van der Waals surface area contributed by atoms with Crippen molar-refractivity contribution in [1.29, 1.82) is 0 Å². The molecule has 1 aromatic rings. The summed E-state index contributed by atoms with van der Waals surface area (Å²) in [5, 5.41) is 7.51. The van der Waals surface area contributed by atoms with Gasteiger partial charge in [-0.3, -0.25) is 4.68 Å². The Kier molecular flexibility index (Phi) is 2.95. The number of nitrogens with zero attached hydrogens (tertiary/aromatic N) is 2. The van der Waals surface area contributed by atoms with E-state index in [0.29, 0.717) is 0 Å². The lowest BCUT2D eigenvalue weighted by Crippen LogP contribution is -2.58. The topological polar surface area (TPSA) is 39.1 Å². The summed E-state index contributed by atoms with van der Waals surface area (Å²) < 4.78 is 7.23. The van der Waals surface area contributed by atoms with Crippen molar-refractivity contribution < 1.29 is 4.74 Å². The van der Waals surface area contributed by atoms with Crippen molar-refractivity contribution in [1.82, 2.24) is 15.1 Å². The molecule has 0 saturated carbocycles. The average Bonchev–Trinajstić information content (AvgIpc) is 2.35. The molecule has 0 unspecified atom stereocenters. The number of halogens is 1. The van der Waals surface area contributed by atoms with Crippen molar-refractivity contribution >= 4 is 12.4 Å². The second-order valence-electron chi connectivity index (χ2n) is 3.18. The van der Waals surface area contributed by atoms with E-state index >= 15 is 0 Å². The van der Waals surface area contributed by atoms with Crippen LogP contribution in [0.3, 0.4) is 0 Å². The molecule has 2 rings (SSSR count). The van der Waals surface area contributed by atoms with Crippen molar-refractivity contribution in [2.45, 2.75) is 5.60 Å². The van der Waals surface area contributed by atoms with Crippen LogP contribution in [0.15, 0.2) is 12.3 Å². The van der Waals surface area contributed by atoms with E-state index in [9.17, 15) is 0 Å². The first-order valence-electron chi connectivity index (χ1n) is 4.03. The minimum absolute atomic E-state index is 0. The molecule has 1 N–H and O–H groups in total. The van der Waals surface area contributed by atoms with Gasteiger partial charge < -0.3 is 10.1 Å². The summed E-state index contributed by atoms with van der Waals surface area (Å²) >= 11 is 0. The van der Waals surface area contributed by atoms with E-state index in [4.69, 9.17) is 4.74 Å². The third-order valence-electron chi connectivity index (χ3n) is 2.39. The van der Waals surface area contributed by atoms with E-state index in [1.54, 1.807) is 11.8 Å². The molecule has 13 heavy (non-hydrogen) atoms. The maximum absolute atomic E-state index is 5.43. The minimum atomic E-state index is -0.165. The fraction of sp³-hybridized carbons (Fsp3) is 0.625. The van der Waals surface area contributed by atoms with Crippen LogP contribution < -0.4 is 5.32 Å². The molecule has 4 nitrogen and oxygen atoms in total. The number of rotatable bonds is 2. The van der Waals surface area contributed by atoms with Gasteiger partial charge in [0.05, 0.1) is 5.69 Å². The van der Waals surface area contributed by atoms with Crippen molar-refractivity contribution in [2.75, 3.05) is 20.2 Å². The Hall–Kier alpha value is -0.580. The number of nitrogens with one attached hydrogen (secondary N) is 1. The van der Waals surface area contributed by atoms with Crippen molar-refractivity contribution in [2.24, 2.45) is 7.05 Å². The van der Waals surface area contributed by atoms with Crippen molar-refractivity contribution in [3.05, 3.63) is 18.0 Å². The van der Waals surface area contributed by atoms with Gasteiger partial charge in [0.15, 0.2) is 0 Å². The fourth-order valence-corrected chi connectivity index (χ4v) is 1.44. The Morgan fingerprint density at radius 1 is 1.62 bits per heavy atom. The first-order chi connectivity index (χ1) is 5.77. The molecular formula is C8H14ClN3O. The summed E-state index contributed by atoms with van der Waals surface area (Å²) in [5.74, 6) is 0. The summed E-state index contributed by atoms with van der Waals surface area (Å²) in [7, 11) is 3.65. The third kappa shape index (κ3) is 1.57. The van der Waals surface area contributed by atoms with E-state index in [1.165, 1.54) is 0 Å². The van der Waals surface area contributed by atoms with Gasteiger partial charge in [-0.05, 0) is 6.07 Å². The molecule has 1 aliphatic heterocycles. The predicted octanol–water partition coefficient (Wildman–Crippen LogP) is 0.287. The van der Waals surface area contributed by atoms with Gasteiger partial charge in [0.2, 0.25) is 0 Å². The summed E-state index contributed by atoms with van der Waals surface area (Å²) in [6.45, 7) is 1.72. The smallest absolute Gasteiger partial charge is 0.136 e. The zero-order valence-electron chi connectivity index (χ0n) is 7.78. The molecule has 1 saturated heterocycles. The van der Waals surface area contributed by atoms with E-state index in [2.05, 4.69) is 10.4 Å². The number of aryl methyl sites for hydroxylation is 1. The van der Waals surface area contributed by atoms with Gasteiger partial charge in [-0.2, -0.15) is 5.10 Å². The number of aromatic nitrogens is 2. The monoisotopic (exact) mass is 203 g/mol. The quantitative estimate of drug-likeness (QED) is 0.751. The van der Waals surface area contributed by atoms with E-state index in [0.717, 1.165) is 18.8 Å². The molecule has 0 aliphatic carbocycles. The number of methoxy groups -OCH3 is 1. The molecule has 0 atom stereocenters. The van der Waals surface area contributed by atoms with Gasteiger partial charge in [-0.15, -0.1) is 12.4 Å².